The number of rotatable bonds is 4. The first-order valence-corrected chi connectivity index (χ1v) is 6.79. The van der Waals surface area contributed by atoms with Gasteiger partial charge in [-0.1, -0.05) is 40.7 Å². The van der Waals surface area contributed by atoms with Gasteiger partial charge in [-0.05, 0) is 29.0 Å². The molecule has 0 atom stereocenters. The Morgan fingerprint density at radius 2 is 1.85 bits per heavy atom. The van der Waals surface area contributed by atoms with Gasteiger partial charge in [0.15, 0.2) is 0 Å². The standard InChI is InChI=1S/C16H23NO3/c1-10(2)8-14(18)17-13-9-11(16(3,4)5)6-7-12(13)15(19)20/h6-7,9-10H,8H2,1-5H3,(H,17,18)(H,19,20). The Hall–Kier alpha value is -1.84. The molecule has 0 radical (unpaired) electrons. The summed E-state index contributed by atoms with van der Waals surface area (Å²) < 4.78 is 0. The van der Waals surface area contributed by atoms with Crippen LogP contribution in [0, 0.1) is 5.92 Å². The van der Waals surface area contributed by atoms with E-state index in [9.17, 15) is 14.7 Å². The van der Waals surface area contributed by atoms with E-state index in [2.05, 4.69) is 5.32 Å². The van der Waals surface area contributed by atoms with Crippen LogP contribution >= 0.6 is 0 Å². The Morgan fingerprint density at radius 3 is 2.30 bits per heavy atom. The molecule has 0 spiro atoms. The molecule has 1 rings (SSSR count). The molecule has 4 heteroatoms. The van der Waals surface area contributed by atoms with Crippen molar-refractivity contribution in [3.8, 4) is 0 Å². The summed E-state index contributed by atoms with van der Waals surface area (Å²) in [5.74, 6) is -0.965. The molecule has 2 N–H and O–H groups in total. The van der Waals surface area contributed by atoms with Crippen LogP contribution in [0.1, 0.15) is 57.0 Å². The number of carbonyl (C=O) groups excluding carboxylic acids is 1. The zero-order valence-electron chi connectivity index (χ0n) is 12.8. The number of hydrogen-bond donors (Lipinski definition) is 2. The van der Waals surface area contributed by atoms with Gasteiger partial charge in [0.2, 0.25) is 5.91 Å². The zero-order chi connectivity index (χ0) is 15.5. The van der Waals surface area contributed by atoms with Crippen LogP contribution in [-0.2, 0) is 10.2 Å². The van der Waals surface area contributed by atoms with E-state index in [-0.39, 0.29) is 22.8 Å². The third-order valence-corrected chi connectivity index (χ3v) is 2.98. The molecule has 0 saturated carbocycles. The van der Waals surface area contributed by atoms with Gasteiger partial charge in [-0.25, -0.2) is 4.79 Å². The van der Waals surface area contributed by atoms with Crippen molar-refractivity contribution in [3.63, 3.8) is 0 Å². The highest BCUT2D eigenvalue weighted by Crippen LogP contribution is 2.27. The van der Waals surface area contributed by atoms with E-state index in [1.165, 1.54) is 0 Å². The average molecular weight is 277 g/mol. The molecule has 1 aromatic carbocycles. The van der Waals surface area contributed by atoms with Crippen molar-refractivity contribution in [3.05, 3.63) is 29.3 Å². The highest BCUT2D eigenvalue weighted by atomic mass is 16.4. The summed E-state index contributed by atoms with van der Waals surface area (Å²) in [5, 5.41) is 11.9. The molecule has 0 aliphatic rings. The van der Waals surface area contributed by atoms with Crippen molar-refractivity contribution >= 4 is 17.6 Å². The van der Waals surface area contributed by atoms with E-state index in [4.69, 9.17) is 0 Å². The minimum Gasteiger partial charge on any atom is -0.478 e. The smallest absolute Gasteiger partial charge is 0.337 e. The molecule has 1 amide bonds. The van der Waals surface area contributed by atoms with Gasteiger partial charge in [0.1, 0.15) is 0 Å². The van der Waals surface area contributed by atoms with Crippen LogP contribution in [0.2, 0.25) is 0 Å². The van der Waals surface area contributed by atoms with Crippen molar-refractivity contribution in [2.75, 3.05) is 5.32 Å². The number of carbonyl (C=O) groups is 2. The number of nitrogens with one attached hydrogen (secondary N) is 1. The molecule has 0 aliphatic heterocycles. The van der Waals surface area contributed by atoms with Gasteiger partial charge in [0, 0.05) is 6.42 Å². The van der Waals surface area contributed by atoms with Gasteiger partial charge in [-0.2, -0.15) is 0 Å². The fourth-order valence-electron chi connectivity index (χ4n) is 1.87. The molecule has 0 aromatic heterocycles. The minimum absolute atomic E-state index is 0.103. The second kappa shape index (κ2) is 6.07. The van der Waals surface area contributed by atoms with E-state index in [0.717, 1.165) is 5.56 Å². The van der Waals surface area contributed by atoms with Gasteiger partial charge < -0.3 is 10.4 Å². The Balaban J connectivity index is 3.13. The van der Waals surface area contributed by atoms with Crippen LogP contribution in [0.3, 0.4) is 0 Å². The normalized spacial score (nSPS) is 11.5. The molecular weight excluding hydrogens is 254 g/mol. The monoisotopic (exact) mass is 277 g/mol. The van der Waals surface area contributed by atoms with Crippen LogP contribution in [0.5, 0.6) is 0 Å². The number of aromatic carboxylic acids is 1. The Kier molecular flexibility index (Phi) is 4.93. The summed E-state index contributed by atoms with van der Waals surface area (Å²) in [5.41, 5.74) is 1.38. The van der Waals surface area contributed by atoms with E-state index in [1.807, 2.05) is 34.6 Å². The van der Waals surface area contributed by atoms with Gasteiger partial charge >= 0.3 is 5.97 Å². The van der Waals surface area contributed by atoms with Crippen molar-refractivity contribution < 1.29 is 14.7 Å². The molecule has 0 saturated heterocycles. The van der Waals surface area contributed by atoms with Crippen molar-refractivity contribution in [1.29, 1.82) is 0 Å². The maximum Gasteiger partial charge on any atom is 0.337 e. The topological polar surface area (TPSA) is 66.4 Å². The van der Waals surface area contributed by atoms with Crippen LogP contribution in [0.25, 0.3) is 0 Å². The Morgan fingerprint density at radius 1 is 1.25 bits per heavy atom. The van der Waals surface area contributed by atoms with Gasteiger partial charge in [0.25, 0.3) is 0 Å². The predicted molar refractivity (Wildman–Crippen MR) is 80.2 cm³/mol. The number of hydrogen-bond acceptors (Lipinski definition) is 2. The van der Waals surface area contributed by atoms with Crippen molar-refractivity contribution in [2.45, 2.75) is 46.5 Å². The van der Waals surface area contributed by atoms with E-state index >= 15 is 0 Å². The Bertz CT molecular complexity index is 513. The van der Waals surface area contributed by atoms with Crippen molar-refractivity contribution in [1.82, 2.24) is 0 Å². The number of carboxylic acids is 1. The molecule has 0 fully saturated rings. The molecule has 4 nitrogen and oxygen atoms in total. The third kappa shape index (κ3) is 4.37. The quantitative estimate of drug-likeness (QED) is 0.882. The number of carboxylic acid groups (broad SMARTS) is 1. The third-order valence-electron chi connectivity index (χ3n) is 2.98. The first-order valence-electron chi connectivity index (χ1n) is 6.79. The summed E-state index contributed by atoms with van der Waals surface area (Å²) >= 11 is 0. The first-order chi connectivity index (χ1) is 9.11. The zero-order valence-corrected chi connectivity index (χ0v) is 12.8. The van der Waals surface area contributed by atoms with Crippen LogP contribution < -0.4 is 5.32 Å². The van der Waals surface area contributed by atoms with Crippen LogP contribution in [0.4, 0.5) is 5.69 Å². The summed E-state index contributed by atoms with van der Waals surface area (Å²) in [6.45, 7) is 10.0. The maximum atomic E-state index is 11.9. The second-order valence-corrected chi connectivity index (χ2v) is 6.46. The molecule has 0 heterocycles. The highest BCUT2D eigenvalue weighted by Gasteiger charge is 2.19. The molecule has 0 bridgehead atoms. The fourth-order valence-corrected chi connectivity index (χ4v) is 1.87. The predicted octanol–water partition coefficient (Wildman–Crippen LogP) is 3.67. The molecule has 110 valence electrons. The highest BCUT2D eigenvalue weighted by molar-refractivity contribution is 6.00. The average Bonchev–Trinajstić information content (AvgIpc) is 2.25. The molecular formula is C16H23NO3. The fraction of sp³-hybridized carbons (Fsp3) is 0.500. The lowest BCUT2D eigenvalue weighted by Crippen LogP contribution is -2.18. The van der Waals surface area contributed by atoms with E-state index in [1.54, 1.807) is 18.2 Å². The lowest BCUT2D eigenvalue weighted by molar-refractivity contribution is -0.116. The van der Waals surface area contributed by atoms with E-state index < -0.39 is 5.97 Å². The molecule has 0 aliphatic carbocycles. The summed E-state index contributed by atoms with van der Waals surface area (Å²) in [6, 6.07) is 5.09. The van der Waals surface area contributed by atoms with Gasteiger partial charge in [-0.15, -0.1) is 0 Å². The largest absolute Gasteiger partial charge is 0.478 e. The van der Waals surface area contributed by atoms with E-state index in [0.29, 0.717) is 12.1 Å². The van der Waals surface area contributed by atoms with Crippen LogP contribution in [0.15, 0.2) is 18.2 Å². The lowest BCUT2D eigenvalue weighted by Gasteiger charge is -2.21. The van der Waals surface area contributed by atoms with Gasteiger partial charge in [-0.3, -0.25) is 4.79 Å². The lowest BCUT2D eigenvalue weighted by atomic mass is 9.86. The second-order valence-electron chi connectivity index (χ2n) is 6.46. The SMILES string of the molecule is CC(C)CC(=O)Nc1cc(C(C)(C)C)ccc1C(=O)O. The Labute approximate surface area is 120 Å². The molecule has 1 aromatic rings. The number of amides is 1. The van der Waals surface area contributed by atoms with Crippen LogP contribution in [-0.4, -0.2) is 17.0 Å². The first kappa shape index (κ1) is 16.2. The van der Waals surface area contributed by atoms with Crippen molar-refractivity contribution in [2.24, 2.45) is 5.92 Å². The number of benzene rings is 1. The summed E-state index contributed by atoms with van der Waals surface area (Å²) in [4.78, 5) is 23.1. The minimum atomic E-state index is -1.04. The summed E-state index contributed by atoms with van der Waals surface area (Å²) in [6.07, 6.45) is 0.374. The maximum absolute atomic E-state index is 11.9. The molecule has 20 heavy (non-hydrogen) atoms. The summed E-state index contributed by atoms with van der Waals surface area (Å²) in [7, 11) is 0. The van der Waals surface area contributed by atoms with Gasteiger partial charge in [0.05, 0.1) is 11.3 Å². The number of anilines is 1. The molecule has 0 unspecified atom stereocenters.